The molecule has 2 N–H and O–H groups in total. The van der Waals surface area contributed by atoms with Gasteiger partial charge in [-0.3, -0.25) is 0 Å². The minimum atomic E-state index is 0.619. The molecule has 0 amide bonds. The summed E-state index contributed by atoms with van der Waals surface area (Å²) >= 11 is 0. The summed E-state index contributed by atoms with van der Waals surface area (Å²) < 4.78 is 5.15. The minimum Gasteiger partial charge on any atom is -0.394 e. The number of anilines is 1. The third kappa shape index (κ3) is 1.37. The predicted molar refractivity (Wildman–Crippen MR) is 55.8 cm³/mol. The highest BCUT2D eigenvalue weighted by Crippen LogP contribution is 2.27. The van der Waals surface area contributed by atoms with Crippen molar-refractivity contribution in [3.05, 3.63) is 35.5 Å². The Morgan fingerprint density at radius 2 is 1.79 bits per heavy atom. The van der Waals surface area contributed by atoms with Crippen LogP contribution in [0.4, 0.5) is 5.69 Å². The molecule has 1 aromatic heterocycles. The van der Waals surface area contributed by atoms with Crippen molar-refractivity contribution in [2.75, 3.05) is 5.73 Å². The number of nitrogen functional groups attached to an aromatic ring is 1. The molecule has 1 heterocycles. The third-order valence-corrected chi connectivity index (χ3v) is 2.22. The van der Waals surface area contributed by atoms with Crippen LogP contribution in [0.2, 0.25) is 0 Å². The second-order valence-electron chi connectivity index (χ2n) is 3.38. The molecule has 72 valence electrons. The van der Waals surface area contributed by atoms with Crippen LogP contribution in [0.5, 0.6) is 0 Å². The van der Waals surface area contributed by atoms with Gasteiger partial charge in [0.1, 0.15) is 11.4 Å². The van der Waals surface area contributed by atoms with Crippen LogP contribution in [-0.2, 0) is 0 Å². The minimum absolute atomic E-state index is 0.619. The zero-order chi connectivity index (χ0) is 10.1. The average Bonchev–Trinajstić information content (AvgIpc) is 2.50. The summed E-state index contributed by atoms with van der Waals surface area (Å²) in [6.07, 6.45) is 0. The molecule has 3 nitrogen and oxygen atoms in total. The lowest BCUT2D eigenvalue weighted by molar-refractivity contribution is 0.427. The van der Waals surface area contributed by atoms with Crippen LogP contribution in [-0.4, -0.2) is 5.16 Å². The zero-order valence-electron chi connectivity index (χ0n) is 8.24. The molecule has 0 saturated carbocycles. The first kappa shape index (κ1) is 8.81. The van der Waals surface area contributed by atoms with Crippen molar-refractivity contribution in [1.82, 2.24) is 5.16 Å². The van der Waals surface area contributed by atoms with E-state index in [9.17, 15) is 0 Å². The standard InChI is InChI=1S/C11H12N2O/c1-7-3-5-9(6-4-7)11-10(12)8(2)13-14-11/h3-6H,12H2,1-2H3. The maximum Gasteiger partial charge on any atom is 0.189 e. The fraction of sp³-hybridized carbons (Fsp3) is 0.182. The van der Waals surface area contributed by atoms with Gasteiger partial charge in [-0.1, -0.05) is 35.0 Å². The molecule has 0 saturated heterocycles. The van der Waals surface area contributed by atoms with Gasteiger partial charge in [-0.2, -0.15) is 0 Å². The SMILES string of the molecule is Cc1ccc(-c2onc(C)c2N)cc1. The number of benzene rings is 1. The Labute approximate surface area is 82.5 Å². The molecule has 2 rings (SSSR count). The molecule has 0 unspecified atom stereocenters. The molecule has 14 heavy (non-hydrogen) atoms. The molecular weight excluding hydrogens is 176 g/mol. The highest BCUT2D eigenvalue weighted by Gasteiger charge is 2.10. The van der Waals surface area contributed by atoms with Crippen LogP contribution >= 0.6 is 0 Å². The van der Waals surface area contributed by atoms with Gasteiger partial charge in [-0.05, 0) is 13.8 Å². The van der Waals surface area contributed by atoms with E-state index in [1.807, 2.05) is 38.1 Å². The van der Waals surface area contributed by atoms with Crippen LogP contribution in [0.25, 0.3) is 11.3 Å². The second kappa shape index (κ2) is 3.18. The van der Waals surface area contributed by atoms with Crippen LogP contribution in [0.3, 0.4) is 0 Å². The molecule has 0 spiro atoms. The summed E-state index contributed by atoms with van der Waals surface area (Å²) in [5, 5.41) is 3.81. The smallest absolute Gasteiger partial charge is 0.189 e. The Kier molecular flexibility index (Phi) is 2.00. The summed E-state index contributed by atoms with van der Waals surface area (Å²) in [6.45, 7) is 3.87. The molecule has 3 heteroatoms. The number of aryl methyl sites for hydroxylation is 2. The molecule has 0 bridgehead atoms. The van der Waals surface area contributed by atoms with Crippen molar-refractivity contribution >= 4 is 5.69 Å². The fourth-order valence-corrected chi connectivity index (χ4v) is 1.29. The van der Waals surface area contributed by atoms with Gasteiger partial charge >= 0.3 is 0 Å². The zero-order valence-corrected chi connectivity index (χ0v) is 8.24. The van der Waals surface area contributed by atoms with Crippen molar-refractivity contribution in [3.8, 4) is 11.3 Å². The van der Waals surface area contributed by atoms with Crippen LogP contribution in [0, 0.1) is 13.8 Å². The van der Waals surface area contributed by atoms with Gasteiger partial charge in [0.2, 0.25) is 0 Å². The lowest BCUT2D eigenvalue weighted by atomic mass is 10.1. The summed E-state index contributed by atoms with van der Waals surface area (Å²) in [5.41, 5.74) is 9.35. The quantitative estimate of drug-likeness (QED) is 0.748. The molecule has 0 aliphatic carbocycles. The maximum atomic E-state index is 5.82. The number of nitrogens with two attached hydrogens (primary N) is 1. The van der Waals surface area contributed by atoms with E-state index in [1.54, 1.807) is 0 Å². The molecular formula is C11H12N2O. The molecule has 0 aliphatic rings. The Morgan fingerprint density at radius 1 is 1.14 bits per heavy atom. The number of nitrogens with zero attached hydrogens (tertiary/aromatic N) is 1. The van der Waals surface area contributed by atoms with E-state index in [0.29, 0.717) is 11.4 Å². The van der Waals surface area contributed by atoms with Gasteiger partial charge in [-0.15, -0.1) is 0 Å². The van der Waals surface area contributed by atoms with E-state index >= 15 is 0 Å². The Balaban J connectivity index is 2.49. The Hall–Kier alpha value is -1.77. The first-order valence-electron chi connectivity index (χ1n) is 4.47. The largest absolute Gasteiger partial charge is 0.394 e. The molecule has 0 fully saturated rings. The first-order valence-corrected chi connectivity index (χ1v) is 4.47. The van der Waals surface area contributed by atoms with Gasteiger partial charge in [0, 0.05) is 5.56 Å². The monoisotopic (exact) mass is 188 g/mol. The first-order chi connectivity index (χ1) is 6.68. The van der Waals surface area contributed by atoms with Crippen LogP contribution in [0.1, 0.15) is 11.3 Å². The summed E-state index contributed by atoms with van der Waals surface area (Å²) in [5.74, 6) is 0.655. The topological polar surface area (TPSA) is 52.0 Å². The Bertz CT molecular complexity index is 443. The van der Waals surface area contributed by atoms with Crippen LogP contribution in [0.15, 0.2) is 28.8 Å². The highest BCUT2D eigenvalue weighted by molar-refractivity contribution is 5.72. The van der Waals surface area contributed by atoms with E-state index in [4.69, 9.17) is 10.3 Å². The van der Waals surface area contributed by atoms with Crippen molar-refractivity contribution in [1.29, 1.82) is 0 Å². The van der Waals surface area contributed by atoms with Crippen molar-refractivity contribution in [3.63, 3.8) is 0 Å². The molecule has 2 aromatic rings. The van der Waals surface area contributed by atoms with Gasteiger partial charge < -0.3 is 10.3 Å². The number of hydrogen-bond acceptors (Lipinski definition) is 3. The summed E-state index contributed by atoms with van der Waals surface area (Å²) in [4.78, 5) is 0. The third-order valence-electron chi connectivity index (χ3n) is 2.22. The molecule has 1 aromatic carbocycles. The van der Waals surface area contributed by atoms with E-state index < -0.39 is 0 Å². The maximum absolute atomic E-state index is 5.82. The van der Waals surface area contributed by atoms with E-state index in [2.05, 4.69) is 5.16 Å². The van der Waals surface area contributed by atoms with Crippen molar-refractivity contribution in [2.24, 2.45) is 0 Å². The number of hydrogen-bond donors (Lipinski definition) is 1. The van der Waals surface area contributed by atoms with Crippen LogP contribution < -0.4 is 5.73 Å². The lowest BCUT2D eigenvalue weighted by Gasteiger charge is -1.97. The van der Waals surface area contributed by atoms with Crippen molar-refractivity contribution in [2.45, 2.75) is 13.8 Å². The fourth-order valence-electron chi connectivity index (χ4n) is 1.29. The molecule has 0 atom stereocenters. The second-order valence-corrected chi connectivity index (χ2v) is 3.38. The summed E-state index contributed by atoms with van der Waals surface area (Å²) in [6, 6.07) is 8.00. The van der Waals surface area contributed by atoms with Gasteiger partial charge in [-0.25, -0.2) is 0 Å². The number of rotatable bonds is 1. The Morgan fingerprint density at radius 3 is 2.29 bits per heavy atom. The van der Waals surface area contributed by atoms with Gasteiger partial charge in [0.25, 0.3) is 0 Å². The van der Waals surface area contributed by atoms with E-state index in [1.165, 1.54) is 5.56 Å². The predicted octanol–water partition coefficient (Wildman–Crippen LogP) is 2.54. The lowest BCUT2D eigenvalue weighted by Crippen LogP contribution is -1.87. The average molecular weight is 188 g/mol. The molecule has 0 radical (unpaired) electrons. The molecule has 0 aliphatic heterocycles. The van der Waals surface area contributed by atoms with E-state index in [-0.39, 0.29) is 0 Å². The highest BCUT2D eigenvalue weighted by atomic mass is 16.5. The van der Waals surface area contributed by atoms with Gasteiger partial charge in [0.05, 0.1) is 0 Å². The summed E-state index contributed by atoms with van der Waals surface area (Å²) in [7, 11) is 0. The number of aromatic nitrogens is 1. The van der Waals surface area contributed by atoms with Gasteiger partial charge in [0.15, 0.2) is 5.76 Å². The van der Waals surface area contributed by atoms with E-state index in [0.717, 1.165) is 11.3 Å². The van der Waals surface area contributed by atoms with Crippen molar-refractivity contribution < 1.29 is 4.52 Å². The normalized spacial score (nSPS) is 10.4.